The second-order valence-corrected chi connectivity index (χ2v) is 14.6. The van der Waals surface area contributed by atoms with Crippen molar-refractivity contribution in [3.05, 3.63) is 65.4 Å². The molecular formula is C36H40BN3O7. The SMILES string of the molecule is CN1CC(C(=O)CC2(C)OC3C(C2=O)C(Cc2ccc(B(O)OC=O)cc2)C(=O)N2CCCC32)CC2Cc3cccc4[nH]cc(c34)C21. The molecule has 0 radical (unpaired) electrons. The summed E-state index contributed by atoms with van der Waals surface area (Å²) in [4.78, 5) is 60.7. The molecule has 8 unspecified atom stereocenters. The second kappa shape index (κ2) is 11.4. The summed E-state index contributed by atoms with van der Waals surface area (Å²) in [7, 11) is 0.731. The predicted octanol–water partition coefficient (Wildman–Crippen LogP) is 2.36. The first-order valence-electron chi connectivity index (χ1n) is 16.9. The number of nitrogens with zero attached hydrogens (tertiary/aromatic N) is 2. The minimum absolute atomic E-state index is 0.0106. The molecule has 0 saturated carbocycles. The van der Waals surface area contributed by atoms with Crippen LogP contribution in [0.5, 0.6) is 0 Å². The van der Waals surface area contributed by atoms with Gasteiger partial charge in [-0.3, -0.25) is 24.1 Å². The molecule has 5 heterocycles. The van der Waals surface area contributed by atoms with Gasteiger partial charge in [0.15, 0.2) is 5.78 Å². The molecule has 0 bridgehead atoms. The van der Waals surface area contributed by atoms with Gasteiger partial charge in [0.1, 0.15) is 11.4 Å². The van der Waals surface area contributed by atoms with Crippen molar-refractivity contribution in [1.82, 2.24) is 14.8 Å². The first-order valence-corrected chi connectivity index (χ1v) is 16.9. The Bertz CT molecular complexity index is 1760. The van der Waals surface area contributed by atoms with Crippen LogP contribution in [0.15, 0.2) is 48.7 Å². The molecule has 8 atom stereocenters. The molecule has 1 aliphatic carbocycles. The molecule has 4 fully saturated rings. The van der Waals surface area contributed by atoms with Gasteiger partial charge in [-0.2, -0.15) is 0 Å². The van der Waals surface area contributed by atoms with Crippen LogP contribution < -0.4 is 5.46 Å². The molecule has 47 heavy (non-hydrogen) atoms. The van der Waals surface area contributed by atoms with Crippen molar-refractivity contribution in [2.24, 2.45) is 23.7 Å². The summed E-state index contributed by atoms with van der Waals surface area (Å²) >= 11 is 0. The second-order valence-electron chi connectivity index (χ2n) is 14.6. The van der Waals surface area contributed by atoms with Crippen LogP contribution in [0.4, 0.5) is 0 Å². The number of piperidine rings is 2. The number of aromatic nitrogens is 1. The fourth-order valence-electron chi connectivity index (χ4n) is 9.75. The maximum Gasteiger partial charge on any atom is 0.561 e. The summed E-state index contributed by atoms with van der Waals surface area (Å²) < 4.78 is 11.3. The number of carbonyl (C=O) groups excluding carboxylic acids is 4. The smallest absolute Gasteiger partial charge is 0.508 e. The lowest BCUT2D eigenvalue weighted by atomic mass is 9.70. The van der Waals surface area contributed by atoms with Crippen LogP contribution in [0, 0.1) is 23.7 Å². The van der Waals surface area contributed by atoms with E-state index in [1.165, 1.54) is 16.5 Å². The highest BCUT2D eigenvalue weighted by Gasteiger charge is 2.63. The van der Waals surface area contributed by atoms with E-state index < -0.39 is 30.7 Å². The van der Waals surface area contributed by atoms with Gasteiger partial charge >= 0.3 is 7.12 Å². The number of hydrogen-bond donors (Lipinski definition) is 2. The van der Waals surface area contributed by atoms with Gasteiger partial charge in [-0.25, -0.2) is 0 Å². The zero-order valence-corrected chi connectivity index (χ0v) is 26.8. The van der Waals surface area contributed by atoms with Gasteiger partial charge in [0.25, 0.3) is 6.47 Å². The number of hydrogen-bond acceptors (Lipinski definition) is 8. The van der Waals surface area contributed by atoms with Crippen molar-refractivity contribution in [1.29, 1.82) is 0 Å². The molecule has 3 aromatic rings. The predicted molar refractivity (Wildman–Crippen MR) is 173 cm³/mol. The molecule has 5 aliphatic rings. The van der Waals surface area contributed by atoms with Crippen LogP contribution in [0.3, 0.4) is 0 Å². The Hall–Kier alpha value is -3.80. The van der Waals surface area contributed by atoms with Crippen molar-refractivity contribution in [3.63, 3.8) is 0 Å². The van der Waals surface area contributed by atoms with Crippen LogP contribution in [0.25, 0.3) is 10.9 Å². The zero-order valence-electron chi connectivity index (χ0n) is 26.8. The summed E-state index contributed by atoms with van der Waals surface area (Å²) in [6.07, 6.45) is 5.35. The first-order chi connectivity index (χ1) is 22.7. The number of rotatable bonds is 8. The van der Waals surface area contributed by atoms with E-state index in [2.05, 4.69) is 46.0 Å². The van der Waals surface area contributed by atoms with Crippen molar-refractivity contribution < 1.29 is 33.6 Å². The van der Waals surface area contributed by atoms with Crippen molar-refractivity contribution in [3.8, 4) is 0 Å². The number of benzene rings is 2. The third-order valence-corrected chi connectivity index (χ3v) is 11.8. The number of amides is 1. The summed E-state index contributed by atoms with van der Waals surface area (Å²) in [5, 5.41) is 11.3. The lowest BCUT2D eigenvalue weighted by Gasteiger charge is -2.45. The third kappa shape index (κ3) is 4.88. The molecule has 8 rings (SSSR count). The van der Waals surface area contributed by atoms with E-state index in [0.717, 1.165) is 36.8 Å². The molecule has 0 spiro atoms. The topological polar surface area (TPSA) is 129 Å². The zero-order chi connectivity index (χ0) is 32.6. The van der Waals surface area contributed by atoms with Gasteiger partial charge in [-0.15, -0.1) is 0 Å². The summed E-state index contributed by atoms with van der Waals surface area (Å²) in [5.74, 6) is -1.26. The molecular weight excluding hydrogens is 597 g/mol. The fourth-order valence-corrected chi connectivity index (χ4v) is 9.75. The summed E-state index contributed by atoms with van der Waals surface area (Å²) in [5.41, 5.74) is 3.74. The molecule has 10 nitrogen and oxygen atoms in total. The number of ketones is 2. The Labute approximate surface area is 273 Å². The highest BCUT2D eigenvalue weighted by molar-refractivity contribution is 6.61. The Balaban J connectivity index is 1.01. The average molecular weight is 638 g/mol. The van der Waals surface area contributed by atoms with Crippen LogP contribution in [0.1, 0.15) is 55.3 Å². The quantitative estimate of drug-likeness (QED) is 0.285. The molecule has 1 aromatic heterocycles. The number of aromatic amines is 1. The maximum absolute atomic E-state index is 14.4. The van der Waals surface area contributed by atoms with Crippen LogP contribution >= 0.6 is 0 Å². The van der Waals surface area contributed by atoms with E-state index >= 15 is 0 Å². The molecule has 2 N–H and O–H groups in total. The molecule has 11 heteroatoms. The Morgan fingerprint density at radius 1 is 1.21 bits per heavy atom. The average Bonchev–Trinajstić information content (AvgIpc) is 3.78. The van der Waals surface area contributed by atoms with Crippen molar-refractivity contribution >= 4 is 47.4 Å². The summed E-state index contributed by atoms with van der Waals surface area (Å²) in [6, 6.07) is 13.4. The lowest BCUT2D eigenvalue weighted by molar-refractivity contribution is -0.154. The van der Waals surface area contributed by atoms with Gasteiger partial charge < -0.3 is 24.3 Å². The fraction of sp³-hybridized carbons (Fsp3) is 0.500. The van der Waals surface area contributed by atoms with E-state index in [1.54, 1.807) is 31.2 Å². The highest BCUT2D eigenvalue weighted by atomic mass is 16.6. The van der Waals surface area contributed by atoms with Gasteiger partial charge in [0, 0.05) is 48.6 Å². The largest absolute Gasteiger partial charge is 0.561 e. The minimum Gasteiger partial charge on any atom is -0.508 e. The first kappa shape index (κ1) is 30.5. The number of H-pyrrole nitrogens is 1. The molecule has 4 aliphatic heterocycles. The van der Waals surface area contributed by atoms with Gasteiger partial charge in [-0.1, -0.05) is 36.4 Å². The van der Waals surface area contributed by atoms with Crippen LogP contribution in [-0.2, 0) is 41.4 Å². The summed E-state index contributed by atoms with van der Waals surface area (Å²) in [6.45, 7) is 3.22. The Morgan fingerprint density at radius 3 is 2.81 bits per heavy atom. The number of fused-ring (bicyclic) bond motifs is 5. The van der Waals surface area contributed by atoms with E-state index in [0.29, 0.717) is 30.9 Å². The number of ether oxygens (including phenoxy) is 1. The van der Waals surface area contributed by atoms with Gasteiger partial charge in [-0.05, 0) is 80.2 Å². The number of likely N-dealkylation sites (tertiary alicyclic amines) is 1. The highest BCUT2D eigenvalue weighted by Crippen LogP contribution is 2.50. The van der Waals surface area contributed by atoms with E-state index in [4.69, 9.17) is 4.74 Å². The number of Topliss-reactive ketones (excluding diaryl/α,β-unsaturated/α-hetero) is 2. The van der Waals surface area contributed by atoms with Gasteiger partial charge in [0.2, 0.25) is 5.91 Å². The molecule has 244 valence electrons. The normalized spacial score (nSPS) is 33.0. The monoisotopic (exact) mass is 637 g/mol. The Morgan fingerprint density at radius 2 is 2.02 bits per heavy atom. The minimum atomic E-state index is -1.37. The van der Waals surface area contributed by atoms with E-state index in [9.17, 15) is 24.2 Å². The molecule has 4 saturated heterocycles. The lowest BCUT2D eigenvalue weighted by Crippen LogP contribution is -2.57. The Kier molecular flexibility index (Phi) is 7.42. The molecule has 1 amide bonds. The maximum atomic E-state index is 14.4. The van der Waals surface area contributed by atoms with Gasteiger partial charge in [0.05, 0.1) is 24.0 Å². The van der Waals surface area contributed by atoms with Crippen molar-refractivity contribution in [2.75, 3.05) is 20.1 Å². The standard InChI is InChI=1S/C36H40BN3O7/c1-36(16-29(42)23-15-22-14-21-5-3-6-27-30(21)26(17-38-27)32(22)39(2)18-23)34(43)31-25(35(44)40-12-4-7-28(40)33(31)47-36)13-20-8-10-24(11-9-20)37(45)46-19-41/h3,5-6,8-11,17,19,22-23,25,28,31-33,38,45H,4,7,12-16,18H2,1-2H3. The third-order valence-electron chi connectivity index (χ3n) is 11.8. The van der Waals surface area contributed by atoms with E-state index in [1.807, 2.05) is 4.90 Å². The van der Waals surface area contributed by atoms with E-state index in [-0.39, 0.29) is 48.4 Å². The van der Waals surface area contributed by atoms with Crippen LogP contribution in [-0.4, -0.2) is 88.8 Å². The number of carbonyl (C=O) groups is 4. The molecule has 2 aromatic carbocycles. The van der Waals surface area contributed by atoms with Crippen LogP contribution in [0.2, 0.25) is 0 Å². The number of nitrogens with one attached hydrogen (secondary N) is 1. The van der Waals surface area contributed by atoms with Crippen molar-refractivity contribution in [2.45, 2.75) is 69.2 Å².